The Morgan fingerprint density at radius 1 is 0.778 bits per heavy atom. The van der Waals surface area contributed by atoms with Crippen LogP contribution in [0.5, 0.6) is 0 Å². The maximum atomic E-state index is 12.9. The Balaban J connectivity index is 1.55. The van der Waals surface area contributed by atoms with Crippen LogP contribution in [-0.4, -0.2) is 30.6 Å². The zero-order valence-corrected chi connectivity index (χ0v) is 20.6. The van der Waals surface area contributed by atoms with Crippen molar-refractivity contribution in [3.05, 3.63) is 112 Å². The molecule has 0 fully saturated rings. The molecular weight excluding hydrogens is 474 g/mol. The molecule has 0 aliphatic carbocycles. The van der Waals surface area contributed by atoms with Crippen LogP contribution in [0.1, 0.15) is 53.9 Å². The highest BCUT2D eigenvalue weighted by atomic mass is 32.1. The van der Waals surface area contributed by atoms with Crippen LogP contribution in [0.3, 0.4) is 0 Å². The van der Waals surface area contributed by atoms with Gasteiger partial charge in [0.15, 0.2) is 0 Å². The highest BCUT2D eigenvalue weighted by molar-refractivity contribution is 7.15. The molecule has 0 saturated carbocycles. The van der Waals surface area contributed by atoms with Crippen molar-refractivity contribution < 1.29 is 23.9 Å². The zero-order chi connectivity index (χ0) is 25.7. The predicted octanol–water partition coefficient (Wildman–Crippen LogP) is 6.08. The number of hydrogen-bond acceptors (Lipinski definition) is 6. The largest absolute Gasteiger partial charge is 0.465 e. The van der Waals surface area contributed by atoms with E-state index in [1.54, 1.807) is 35.7 Å². The number of carbonyl (C=O) groups excluding carboxylic acids is 4. The van der Waals surface area contributed by atoms with E-state index in [9.17, 15) is 19.2 Å². The summed E-state index contributed by atoms with van der Waals surface area (Å²) in [6.07, 6.45) is 0.903. The fraction of sp³-hybridized carbons (Fsp3) is 0.103. The van der Waals surface area contributed by atoms with Crippen LogP contribution in [0.15, 0.2) is 84.2 Å². The van der Waals surface area contributed by atoms with Gasteiger partial charge in [-0.3, -0.25) is 14.4 Å². The molecule has 4 aromatic rings. The van der Waals surface area contributed by atoms with E-state index in [4.69, 9.17) is 4.74 Å². The normalized spacial score (nSPS) is 10.5. The fourth-order valence-corrected chi connectivity index (χ4v) is 4.64. The van der Waals surface area contributed by atoms with Gasteiger partial charge in [0.1, 0.15) is 10.6 Å². The molecule has 0 atom stereocenters. The molecule has 1 heterocycles. The van der Waals surface area contributed by atoms with Crippen molar-refractivity contribution in [2.45, 2.75) is 13.3 Å². The summed E-state index contributed by atoms with van der Waals surface area (Å²) < 4.78 is 4.98. The SMILES string of the molecule is CCc1ccc(-c2csc(NC(=O)c3ccc(C(=O)C(=O)c4ccccc4)cc3)c2C(=O)OC)cc1. The standard InChI is InChI=1S/C29H23NO5S/c1-3-18-9-11-19(12-10-18)23-17-36-28(24(23)29(34)35-2)30-27(33)22-15-13-21(14-16-22)26(32)25(31)20-7-5-4-6-8-20/h4-17H,3H2,1-2H3,(H,30,33). The third-order valence-corrected chi connectivity index (χ3v) is 6.63. The van der Waals surface area contributed by atoms with E-state index in [-0.39, 0.29) is 16.7 Å². The monoisotopic (exact) mass is 497 g/mol. The quantitative estimate of drug-likeness (QED) is 0.181. The third-order valence-electron chi connectivity index (χ3n) is 5.73. The summed E-state index contributed by atoms with van der Waals surface area (Å²) in [5.74, 6) is -2.28. The maximum absolute atomic E-state index is 12.9. The molecule has 0 aliphatic heterocycles. The lowest BCUT2D eigenvalue weighted by atomic mass is 10.0. The molecule has 4 rings (SSSR count). The molecular formula is C29H23NO5S. The highest BCUT2D eigenvalue weighted by Crippen LogP contribution is 2.36. The Bertz CT molecular complexity index is 1420. The van der Waals surface area contributed by atoms with Crippen LogP contribution in [-0.2, 0) is 11.2 Å². The first-order valence-electron chi connectivity index (χ1n) is 11.3. The second kappa shape index (κ2) is 10.9. The molecule has 0 saturated heterocycles. The number of thiophene rings is 1. The number of esters is 1. The Morgan fingerprint density at radius 2 is 1.36 bits per heavy atom. The van der Waals surface area contributed by atoms with E-state index in [2.05, 4.69) is 12.2 Å². The van der Waals surface area contributed by atoms with Crippen LogP contribution in [0, 0.1) is 0 Å². The van der Waals surface area contributed by atoms with Gasteiger partial charge in [0.05, 0.1) is 7.11 Å². The third kappa shape index (κ3) is 5.16. The Hall–Kier alpha value is -4.36. The first-order chi connectivity index (χ1) is 17.4. The van der Waals surface area contributed by atoms with Gasteiger partial charge < -0.3 is 10.1 Å². The molecule has 3 aromatic carbocycles. The summed E-state index contributed by atoms with van der Waals surface area (Å²) in [6.45, 7) is 2.07. The van der Waals surface area contributed by atoms with Crippen molar-refractivity contribution in [3.8, 4) is 11.1 Å². The number of ketones is 2. The second-order valence-corrected chi connectivity index (χ2v) is 8.83. The summed E-state index contributed by atoms with van der Waals surface area (Å²) in [4.78, 5) is 50.5. The van der Waals surface area contributed by atoms with Crippen molar-refractivity contribution in [2.24, 2.45) is 0 Å². The van der Waals surface area contributed by atoms with E-state index in [1.807, 2.05) is 24.3 Å². The van der Waals surface area contributed by atoms with Crippen LogP contribution in [0.25, 0.3) is 11.1 Å². The molecule has 6 nitrogen and oxygen atoms in total. The molecule has 36 heavy (non-hydrogen) atoms. The lowest BCUT2D eigenvalue weighted by molar-refractivity contribution is 0.0603. The van der Waals surface area contributed by atoms with Crippen LogP contribution >= 0.6 is 11.3 Å². The van der Waals surface area contributed by atoms with Crippen molar-refractivity contribution in [3.63, 3.8) is 0 Å². The summed E-state index contributed by atoms with van der Waals surface area (Å²) in [6, 6.07) is 22.0. The molecule has 1 amide bonds. The highest BCUT2D eigenvalue weighted by Gasteiger charge is 2.23. The first kappa shape index (κ1) is 24.8. The average molecular weight is 498 g/mol. The minimum absolute atomic E-state index is 0.185. The number of aryl methyl sites for hydroxylation is 1. The number of ether oxygens (including phenoxy) is 1. The maximum Gasteiger partial charge on any atom is 0.341 e. The first-order valence-corrected chi connectivity index (χ1v) is 12.2. The van der Waals surface area contributed by atoms with Crippen molar-refractivity contribution in [1.82, 2.24) is 0 Å². The van der Waals surface area contributed by atoms with Gasteiger partial charge in [-0.2, -0.15) is 0 Å². The topological polar surface area (TPSA) is 89.5 Å². The second-order valence-electron chi connectivity index (χ2n) is 7.95. The predicted molar refractivity (Wildman–Crippen MR) is 140 cm³/mol. The van der Waals surface area contributed by atoms with Gasteiger partial charge in [-0.25, -0.2) is 4.79 Å². The number of Topliss-reactive ketones (excluding diaryl/α,β-unsaturated/α-hetero) is 2. The van der Waals surface area contributed by atoms with Crippen molar-refractivity contribution in [1.29, 1.82) is 0 Å². The Labute approximate surface area is 212 Å². The minimum Gasteiger partial charge on any atom is -0.465 e. The molecule has 0 radical (unpaired) electrons. The van der Waals surface area contributed by atoms with Gasteiger partial charge >= 0.3 is 5.97 Å². The summed E-state index contributed by atoms with van der Waals surface area (Å²) in [5.41, 5.74) is 3.73. The molecule has 0 spiro atoms. The number of hydrogen-bond donors (Lipinski definition) is 1. The lowest BCUT2D eigenvalue weighted by Crippen LogP contribution is -2.16. The van der Waals surface area contributed by atoms with E-state index in [1.165, 1.54) is 48.3 Å². The van der Waals surface area contributed by atoms with E-state index in [0.717, 1.165) is 12.0 Å². The van der Waals surface area contributed by atoms with Gasteiger partial charge in [-0.05, 0) is 29.7 Å². The van der Waals surface area contributed by atoms with Crippen LogP contribution < -0.4 is 5.32 Å². The smallest absolute Gasteiger partial charge is 0.341 e. The summed E-state index contributed by atoms with van der Waals surface area (Å²) in [5, 5.41) is 4.95. The van der Waals surface area contributed by atoms with E-state index in [0.29, 0.717) is 16.1 Å². The number of carbonyl (C=O) groups is 4. The number of anilines is 1. The van der Waals surface area contributed by atoms with Gasteiger partial charge in [0.25, 0.3) is 5.91 Å². The molecule has 0 unspecified atom stereocenters. The van der Waals surface area contributed by atoms with Gasteiger partial charge in [0, 0.05) is 27.6 Å². The van der Waals surface area contributed by atoms with Gasteiger partial charge in [-0.1, -0.05) is 73.7 Å². The fourth-order valence-electron chi connectivity index (χ4n) is 3.69. The summed E-state index contributed by atoms with van der Waals surface area (Å²) >= 11 is 1.23. The average Bonchev–Trinajstić information content (AvgIpc) is 3.35. The van der Waals surface area contributed by atoms with Gasteiger partial charge in [0.2, 0.25) is 11.6 Å². The number of benzene rings is 3. The molecule has 180 valence electrons. The Morgan fingerprint density at radius 3 is 1.94 bits per heavy atom. The van der Waals surface area contributed by atoms with E-state index >= 15 is 0 Å². The number of rotatable bonds is 8. The van der Waals surface area contributed by atoms with Crippen molar-refractivity contribution >= 4 is 39.8 Å². The number of amides is 1. The zero-order valence-electron chi connectivity index (χ0n) is 19.7. The number of methoxy groups -OCH3 is 1. The number of nitrogens with one attached hydrogen (secondary N) is 1. The van der Waals surface area contributed by atoms with Crippen molar-refractivity contribution in [2.75, 3.05) is 12.4 Å². The lowest BCUT2D eigenvalue weighted by Gasteiger charge is -2.09. The minimum atomic E-state index is -0.655. The molecule has 0 bridgehead atoms. The molecule has 7 heteroatoms. The molecule has 1 N–H and O–H groups in total. The van der Waals surface area contributed by atoms with Crippen LogP contribution in [0.4, 0.5) is 5.00 Å². The summed E-state index contributed by atoms with van der Waals surface area (Å²) in [7, 11) is 1.29. The van der Waals surface area contributed by atoms with E-state index < -0.39 is 23.4 Å². The molecule has 1 aromatic heterocycles. The van der Waals surface area contributed by atoms with Crippen LogP contribution in [0.2, 0.25) is 0 Å². The van der Waals surface area contributed by atoms with Gasteiger partial charge in [-0.15, -0.1) is 11.3 Å². The molecule has 0 aliphatic rings. The Kier molecular flexibility index (Phi) is 7.51.